The Hall–Kier alpha value is -2.17. The zero-order valence-corrected chi connectivity index (χ0v) is 16.8. The van der Waals surface area contributed by atoms with E-state index in [0.717, 1.165) is 4.88 Å². The molecule has 0 bridgehead atoms. The summed E-state index contributed by atoms with van der Waals surface area (Å²) in [6.45, 7) is 2.55. The molecule has 3 heterocycles. The Morgan fingerprint density at radius 1 is 1.26 bits per heavy atom. The standard InChI is InChI=1S/C17H22N4O4S2/c1-11-3-4-15(26-11)17(23)19-12-5-7-21(8-6-12)27(24,25)13-9-14(16(18)22)20(2)10-13/h3-4,9-10,12H,5-8H2,1-2H3,(H2,18,22)(H,19,23). The normalized spacial score (nSPS) is 16.4. The number of hydrogen-bond acceptors (Lipinski definition) is 5. The first kappa shape index (κ1) is 19.6. The predicted molar refractivity (Wildman–Crippen MR) is 102 cm³/mol. The maximum Gasteiger partial charge on any atom is 0.265 e. The van der Waals surface area contributed by atoms with Crippen LogP contribution in [0.3, 0.4) is 0 Å². The van der Waals surface area contributed by atoms with Gasteiger partial charge >= 0.3 is 0 Å². The molecule has 2 aromatic heterocycles. The van der Waals surface area contributed by atoms with Crippen LogP contribution in [0.4, 0.5) is 0 Å². The van der Waals surface area contributed by atoms with Crippen LogP contribution in [0.1, 0.15) is 37.9 Å². The second-order valence-corrected chi connectivity index (χ2v) is 9.82. The molecule has 0 atom stereocenters. The number of piperidine rings is 1. The van der Waals surface area contributed by atoms with E-state index in [4.69, 9.17) is 5.73 Å². The molecule has 0 aromatic carbocycles. The van der Waals surface area contributed by atoms with E-state index in [0.29, 0.717) is 30.8 Å². The highest BCUT2D eigenvalue weighted by molar-refractivity contribution is 7.89. The molecule has 0 unspecified atom stereocenters. The molecule has 0 radical (unpaired) electrons. The van der Waals surface area contributed by atoms with Crippen molar-refractivity contribution in [1.29, 1.82) is 0 Å². The summed E-state index contributed by atoms with van der Waals surface area (Å²) in [7, 11) is -2.13. The van der Waals surface area contributed by atoms with Crippen molar-refractivity contribution < 1.29 is 18.0 Å². The van der Waals surface area contributed by atoms with Crippen LogP contribution in [-0.2, 0) is 17.1 Å². The number of sulfonamides is 1. The summed E-state index contributed by atoms with van der Waals surface area (Å²) in [5.41, 5.74) is 5.40. The Morgan fingerprint density at radius 2 is 1.93 bits per heavy atom. The van der Waals surface area contributed by atoms with Gasteiger partial charge in [-0.3, -0.25) is 9.59 Å². The fourth-order valence-electron chi connectivity index (χ4n) is 3.12. The summed E-state index contributed by atoms with van der Waals surface area (Å²) in [4.78, 5) is 25.4. The zero-order valence-electron chi connectivity index (χ0n) is 15.1. The van der Waals surface area contributed by atoms with Gasteiger partial charge in [0, 0.05) is 37.3 Å². The van der Waals surface area contributed by atoms with Crippen LogP contribution in [0.15, 0.2) is 29.3 Å². The topological polar surface area (TPSA) is 114 Å². The number of hydrogen-bond donors (Lipinski definition) is 2. The molecule has 1 aliphatic heterocycles. The number of aryl methyl sites for hydroxylation is 2. The average Bonchev–Trinajstić information content (AvgIpc) is 3.21. The third-order valence-electron chi connectivity index (χ3n) is 4.62. The highest BCUT2D eigenvalue weighted by Crippen LogP contribution is 2.23. The van der Waals surface area contributed by atoms with Gasteiger partial charge in [0.15, 0.2) is 0 Å². The number of carbonyl (C=O) groups excluding carboxylic acids is 2. The van der Waals surface area contributed by atoms with Crippen molar-refractivity contribution in [1.82, 2.24) is 14.2 Å². The second kappa shape index (κ2) is 7.45. The molecule has 8 nitrogen and oxygen atoms in total. The van der Waals surface area contributed by atoms with Crippen LogP contribution in [0.2, 0.25) is 0 Å². The van der Waals surface area contributed by atoms with E-state index in [1.165, 1.54) is 32.5 Å². The van der Waals surface area contributed by atoms with Crippen LogP contribution >= 0.6 is 11.3 Å². The Bertz CT molecular complexity index is 969. The number of nitrogens with two attached hydrogens (primary N) is 1. The largest absolute Gasteiger partial charge is 0.364 e. The lowest BCUT2D eigenvalue weighted by molar-refractivity contribution is 0.0927. The summed E-state index contributed by atoms with van der Waals surface area (Å²) in [5.74, 6) is -0.798. The fourth-order valence-corrected chi connectivity index (χ4v) is 5.44. The number of amides is 2. The Kier molecular flexibility index (Phi) is 5.41. The molecular formula is C17H22N4O4S2. The van der Waals surface area contributed by atoms with Gasteiger partial charge in [-0.1, -0.05) is 0 Å². The number of aromatic nitrogens is 1. The molecule has 3 rings (SSSR count). The van der Waals surface area contributed by atoms with Gasteiger partial charge in [-0.25, -0.2) is 8.42 Å². The Labute approximate surface area is 162 Å². The lowest BCUT2D eigenvalue weighted by Crippen LogP contribution is -2.46. The number of carbonyl (C=O) groups is 2. The van der Waals surface area contributed by atoms with E-state index in [-0.39, 0.29) is 22.5 Å². The van der Waals surface area contributed by atoms with E-state index < -0.39 is 15.9 Å². The van der Waals surface area contributed by atoms with Crippen LogP contribution in [0, 0.1) is 6.92 Å². The molecule has 2 aromatic rings. The smallest absolute Gasteiger partial charge is 0.265 e. The van der Waals surface area contributed by atoms with Gasteiger partial charge in [-0.2, -0.15) is 4.31 Å². The van der Waals surface area contributed by atoms with Gasteiger partial charge in [-0.05, 0) is 38.0 Å². The first-order valence-corrected chi connectivity index (χ1v) is 10.8. The Balaban J connectivity index is 1.63. The van der Waals surface area contributed by atoms with Crippen LogP contribution < -0.4 is 11.1 Å². The van der Waals surface area contributed by atoms with Crippen molar-refractivity contribution in [2.45, 2.75) is 30.7 Å². The molecule has 2 amide bonds. The summed E-state index contributed by atoms with van der Waals surface area (Å²) in [6.07, 6.45) is 2.46. The van der Waals surface area contributed by atoms with Gasteiger partial charge in [0.1, 0.15) is 10.6 Å². The lowest BCUT2D eigenvalue weighted by Gasteiger charge is -2.31. The average molecular weight is 411 g/mol. The number of thiophene rings is 1. The molecular weight excluding hydrogens is 388 g/mol. The Morgan fingerprint density at radius 3 is 2.44 bits per heavy atom. The van der Waals surface area contributed by atoms with Crippen molar-refractivity contribution in [3.8, 4) is 0 Å². The minimum Gasteiger partial charge on any atom is -0.364 e. The predicted octanol–water partition coefficient (Wildman–Crippen LogP) is 1.08. The van der Waals surface area contributed by atoms with E-state index >= 15 is 0 Å². The molecule has 3 N–H and O–H groups in total. The first-order valence-electron chi connectivity index (χ1n) is 8.52. The van der Waals surface area contributed by atoms with Crippen molar-refractivity contribution in [2.24, 2.45) is 12.8 Å². The molecule has 0 aliphatic carbocycles. The monoisotopic (exact) mass is 410 g/mol. The third-order valence-corrected chi connectivity index (χ3v) is 7.49. The molecule has 27 heavy (non-hydrogen) atoms. The maximum absolute atomic E-state index is 12.8. The molecule has 0 saturated carbocycles. The fraction of sp³-hybridized carbons (Fsp3) is 0.412. The molecule has 1 saturated heterocycles. The van der Waals surface area contributed by atoms with Crippen molar-refractivity contribution in [3.63, 3.8) is 0 Å². The van der Waals surface area contributed by atoms with Gasteiger partial charge in [-0.15, -0.1) is 11.3 Å². The SMILES string of the molecule is Cc1ccc(C(=O)NC2CCN(S(=O)(=O)c3cc(C(N)=O)n(C)c3)CC2)s1. The van der Waals surface area contributed by atoms with Crippen LogP contribution in [0.5, 0.6) is 0 Å². The zero-order chi connectivity index (χ0) is 19.8. The first-order chi connectivity index (χ1) is 12.7. The third kappa shape index (κ3) is 4.07. The molecule has 1 aliphatic rings. The summed E-state index contributed by atoms with van der Waals surface area (Å²) in [5, 5.41) is 2.97. The van der Waals surface area contributed by atoms with E-state index in [2.05, 4.69) is 5.32 Å². The van der Waals surface area contributed by atoms with Crippen LogP contribution in [0.25, 0.3) is 0 Å². The van der Waals surface area contributed by atoms with Gasteiger partial charge < -0.3 is 15.6 Å². The highest BCUT2D eigenvalue weighted by Gasteiger charge is 2.31. The number of nitrogens with one attached hydrogen (secondary N) is 1. The lowest BCUT2D eigenvalue weighted by atomic mass is 10.1. The summed E-state index contributed by atoms with van der Waals surface area (Å²) < 4.78 is 28.4. The molecule has 146 valence electrons. The van der Waals surface area contributed by atoms with E-state index in [9.17, 15) is 18.0 Å². The summed E-state index contributed by atoms with van der Waals surface area (Å²) in [6, 6.07) is 4.92. The van der Waals surface area contributed by atoms with Crippen molar-refractivity contribution in [3.05, 3.63) is 39.8 Å². The molecule has 1 fully saturated rings. The molecule has 0 spiro atoms. The van der Waals surface area contributed by atoms with Crippen molar-refractivity contribution >= 4 is 33.2 Å². The number of nitrogens with zero attached hydrogens (tertiary/aromatic N) is 2. The van der Waals surface area contributed by atoms with E-state index in [1.54, 1.807) is 13.1 Å². The minimum atomic E-state index is -3.70. The van der Waals surface area contributed by atoms with Gasteiger partial charge in [0.2, 0.25) is 10.0 Å². The van der Waals surface area contributed by atoms with Crippen molar-refractivity contribution in [2.75, 3.05) is 13.1 Å². The summed E-state index contributed by atoms with van der Waals surface area (Å²) >= 11 is 1.43. The maximum atomic E-state index is 12.8. The van der Waals surface area contributed by atoms with Gasteiger partial charge in [0.25, 0.3) is 11.8 Å². The number of primary amides is 1. The molecule has 10 heteroatoms. The minimum absolute atomic E-state index is 0.0512. The number of rotatable bonds is 5. The highest BCUT2D eigenvalue weighted by atomic mass is 32.2. The van der Waals surface area contributed by atoms with Crippen LogP contribution in [-0.4, -0.2) is 48.2 Å². The second-order valence-electron chi connectivity index (χ2n) is 6.60. The van der Waals surface area contributed by atoms with E-state index in [1.807, 2.05) is 13.0 Å². The quantitative estimate of drug-likeness (QED) is 0.767. The van der Waals surface area contributed by atoms with Gasteiger partial charge in [0.05, 0.1) is 4.88 Å².